The molecular weight excluding hydrogens is 484 g/mol. The third-order valence-corrected chi connectivity index (χ3v) is 5.40. The van der Waals surface area contributed by atoms with E-state index in [0.29, 0.717) is 5.69 Å². The molecule has 2 aromatic heterocycles. The molecule has 4 amide bonds. The van der Waals surface area contributed by atoms with Gasteiger partial charge in [-0.1, -0.05) is 18.2 Å². The normalized spacial score (nSPS) is 12.4. The fourth-order valence-electron chi connectivity index (χ4n) is 3.63. The number of benzene rings is 1. The summed E-state index contributed by atoms with van der Waals surface area (Å²) >= 11 is 0. The summed E-state index contributed by atoms with van der Waals surface area (Å²) in [6.45, 7) is -1.44. The molecular formula is C23H28N8O6. The Morgan fingerprint density at radius 1 is 0.919 bits per heavy atom. The molecule has 0 spiro atoms. The van der Waals surface area contributed by atoms with Crippen LogP contribution in [0.25, 0.3) is 10.9 Å². The van der Waals surface area contributed by atoms with Gasteiger partial charge in [0.25, 0.3) is 0 Å². The maximum absolute atomic E-state index is 12.7. The van der Waals surface area contributed by atoms with Gasteiger partial charge in [0.15, 0.2) is 0 Å². The van der Waals surface area contributed by atoms with Gasteiger partial charge in [-0.3, -0.25) is 24.0 Å². The Bertz CT molecular complexity index is 1260. The molecule has 37 heavy (non-hydrogen) atoms. The van der Waals surface area contributed by atoms with Crippen LogP contribution < -0.4 is 27.0 Å². The minimum atomic E-state index is -1.24. The third kappa shape index (κ3) is 7.90. The average Bonchev–Trinajstić information content (AvgIpc) is 3.55. The van der Waals surface area contributed by atoms with Crippen molar-refractivity contribution in [1.29, 1.82) is 0 Å². The minimum Gasteiger partial charge on any atom is -0.480 e. The molecule has 14 nitrogen and oxygen atoms in total. The first-order valence-corrected chi connectivity index (χ1v) is 11.3. The number of fused-ring (bicyclic) bond motifs is 1. The number of carbonyl (C=O) groups is 5. The van der Waals surface area contributed by atoms with Gasteiger partial charge in [-0.05, 0) is 11.6 Å². The number of carbonyl (C=O) groups excluding carboxylic acids is 4. The molecule has 0 radical (unpaired) electrons. The summed E-state index contributed by atoms with van der Waals surface area (Å²) < 4.78 is 0. The molecule has 0 bridgehead atoms. The number of nitrogens with two attached hydrogens (primary N) is 1. The van der Waals surface area contributed by atoms with Crippen molar-refractivity contribution >= 4 is 40.5 Å². The van der Waals surface area contributed by atoms with Gasteiger partial charge in [0.2, 0.25) is 23.6 Å². The molecule has 0 aliphatic heterocycles. The summed E-state index contributed by atoms with van der Waals surface area (Å²) in [5, 5.41) is 19.5. The van der Waals surface area contributed by atoms with Crippen molar-refractivity contribution in [3.05, 3.63) is 54.2 Å². The maximum atomic E-state index is 12.7. The molecule has 14 heteroatoms. The van der Waals surface area contributed by atoms with Crippen molar-refractivity contribution in [1.82, 2.24) is 36.2 Å². The van der Waals surface area contributed by atoms with E-state index in [2.05, 4.69) is 36.2 Å². The van der Waals surface area contributed by atoms with E-state index in [4.69, 9.17) is 10.8 Å². The molecule has 3 aromatic rings. The van der Waals surface area contributed by atoms with Crippen LogP contribution in [0.4, 0.5) is 0 Å². The van der Waals surface area contributed by atoms with Crippen LogP contribution >= 0.6 is 0 Å². The first kappa shape index (κ1) is 26.9. The molecule has 0 saturated heterocycles. The molecule has 2 atom stereocenters. The molecule has 3 rings (SSSR count). The zero-order valence-electron chi connectivity index (χ0n) is 19.7. The second kappa shape index (κ2) is 12.8. The lowest BCUT2D eigenvalue weighted by Gasteiger charge is -2.20. The number of aromatic amines is 2. The molecule has 9 N–H and O–H groups in total. The fourth-order valence-corrected chi connectivity index (χ4v) is 3.63. The van der Waals surface area contributed by atoms with Gasteiger partial charge in [0.05, 0.1) is 19.4 Å². The molecule has 0 aliphatic carbocycles. The van der Waals surface area contributed by atoms with Crippen LogP contribution in [0.1, 0.15) is 11.3 Å². The van der Waals surface area contributed by atoms with Gasteiger partial charge in [-0.2, -0.15) is 0 Å². The van der Waals surface area contributed by atoms with Crippen molar-refractivity contribution < 1.29 is 29.1 Å². The van der Waals surface area contributed by atoms with E-state index in [0.717, 1.165) is 16.5 Å². The summed E-state index contributed by atoms with van der Waals surface area (Å²) in [6, 6.07) is 5.25. The van der Waals surface area contributed by atoms with Gasteiger partial charge < -0.3 is 42.1 Å². The second-order valence-electron chi connectivity index (χ2n) is 8.12. The number of H-pyrrole nitrogens is 2. The molecule has 0 fully saturated rings. The van der Waals surface area contributed by atoms with Crippen LogP contribution in [-0.2, 0) is 36.8 Å². The van der Waals surface area contributed by atoms with Gasteiger partial charge in [-0.25, -0.2) is 4.98 Å². The number of para-hydroxylation sites is 1. The fraction of sp³-hybridized carbons (Fsp3) is 0.304. The van der Waals surface area contributed by atoms with Gasteiger partial charge in [0.1, 0.15) is 18.6 Å². The van der Waals surface area contributed by atoms with E-state index < -0.39 is 54.8 Å². The third-order valence-electron chi connectivity index (χ3n) is 5.40. The summed E-state index contributed by atoms with van der Waals surface area (Å²) in [5.74, 6) is -3.82. The number of aromatic nitrogens is 3. The number of aliphatic carboxylic acids is 1. The second-order valence-corrected chi connectivity index (χ2v) is 8.12. The lowest BCUT2D eigenvalue weighted by Crippen LogP contribution is -2.54. The van der Waals surface area contributed by atoms with Crippen LogP contribution in [0.5, 0.6) is 0 Å². The quantitative estimate of drug-likeness (QED) is 0.127. The number of hydrogen-bond donors (Lipinski definition) is 8. The zero-order valence-corrected chi connectivity index (χ0v) is 19.7. The number of hydrogen-bond acceptors (Lipinski definition) is 7. The Morgan fingerprint density at radius 3 is 2.27 bits per heavy atom. The molecule has 196 valence electrons. The zero-order chi connectivity index (χ0) is 26.8. The largest absolute Gasteiger partial charge is 0.480 e. The number of nitrogens with one attached hydrogen (secondary N) is 6. The van der Waals surface area contributed by atoms with Gasteiger partial charge in [-0.15, -0.1) is 0 Å². The van der Waals surface area contributed by atoms with E-state index in [1.165, 1.54) is 12.5 Å². The van der Waals surface area contributed by atoms with Crippen LogP contribution in [-0.4, -0.2) is 81.4 Å². The van der Waals surface area contributed by atoms with Crippen molar-refractivity contribution in [2.45, 2.75) is 24.9 Å². The van der Waals surface area contributed by atoms with Crippen LogP contribution in [0.3, 0.4) is 0 Å². The summed E-state index contributed by atoms with van der Waals surface area (Å²) in [5.41, 5.74) is 7.48. The number of carboxylic acids is 1. The lowest BCUT2D eigenvalue weighted by molar-refractivity contribution is -0.138. The minimum absolute atomic E-state index is 0.0736. The Kier molecular flexibility index (Phi) is 9.32. The van der Waals surface area contributed by atoms with Crippen LogP contribution in [0, 0.1) is 0 Å². The molecule has 0 saturated carbocycles. The topological polar surface area (TPSA) is 224 Å². The number of imidazole rings is 1. The standard InChI is InChI=1S/C23H28N8O6/c24-7-19(32)30-18(6-14-9-25-12-29-14)23(37)27-10-20(33)31-17(22(36)28-11-21(34)35)5-13-8-26-16-4-2-1-3-15(13)16/h1-4,8-9,12,17-18,26H,5-7,10-11,24H2,(H,25,29)(H,27,37)(H,28,36)(H,30,32)(H,31,33)(H,34,35)/t17-,18-/m0/s1. The Balaban J connectivity index is 1.65. The van der Waals surface area contributed by atoms with E-state index in [1.54, 1.807) is 6.20 Å². The van der Waals surface area contributed by atoms with Crippen molar-refractivity contribution in [3.8, 4) is 0 Å². The van der Waals surface area contributed by atoms with E-state index >= 15 is 0 Å². The molecule has 0 aliphatic rings. The first-order valence-electron chi connectivity index (χ1n) is 11.3. The molecule has 2 heterocycles. The highest BCUT2D eigenvalue weighted by Gasteiger charge is 2.25. The summed E-state index contributed by atoms with van der Waals surface area (Å²) in [4.78, 5) is 70.5. The Morgan fingerprint density at radius 2 is 1.59 bits per heavy atom. The van der Waals surface area contributed by atoms with Crippen molar-refractivity contribution in [2.75, 3.05) is 19.6 Å². The highest BCUT2D eigenvalue weighted by atomic mass is 16.4. The van der Waals surface area contributed by atoms with E-state index in [1.807, 2.05) is 24.3 Å². The number of nitrogens with zero attached hydrogens (tertiary/aromatic N) is 1. The van der Waals surface area contributed by atoms with Crippen molar-refractivity contribution in [2.24, 2.45) is 5.73 Å². The maximum Gasteiger partial charge on any atom is 0.322 e. The predicted octanol–water partition coefficient (Wildman–Crippen LogP) is -2.08. The highest BCUT2D eigenvalue weighted by Crippen LogP contribution is 2.19. The number of amides is 4. The van der Waals surface area contributed by atoms with Gasteiger partial charge >= 0.3 is 5.97 Å². The van der Waals surface area contributed by atoms with Crippen LogP contribution in [0.2, 0.25) is 0 Å². The Labute approximate surface area is 210 Å². The molecule has 1 aromatic carbocycles. The number of rotatable bonds is 13. The van der Waals surface area contributed by atoms with E-state index in [-0.39, 0.29) is 19.4 Å². The lowest BCUT2D eigenvalue weighted by atomic mass is 10.0. The number of carboxylic acid groups (broad SMARTS) is 1. The first-order chi connectivity index (χ1) is 17.8. The van der Waals surface area contributed by atoms with Crippen molar-refractivity contribution in [3.63, 3.8) is 0 Å². The predicted molar refractivity (Wildman–Crippen MR) is 131 cm³/mol. The summed E-state index contributed by atoms with van der Waals surface area (Å²) in [6.07, 6.45) is 4.78. The average molecular weight is 513 g/mol. The molecule has 0 unspecified atom stereocenters. The Hall–Kier alpha value is -4.72. The highest BCUT2D eigenvalue weighted by molar-refractivity contribution is 5.94. The smallest absolute Gasteiger partial charge is 0.322 e. The van der Waals surface area contributed by atoms with E-state index in [9.17, 15) is 24.0 Å². The van der Waals surface area contributed by atoms with Gasteiger partial charge in [0, 0.05) is 41.8 Å². The monoisotopic (exact) mass is 512 g/mol. The SMILES string of the molecule is NCC(=O)N[C@@H](Cc1cnc[nH]1)C(=O)NCC(=O)N[C@@H](Cc1c[nH]c2ccccc12)C(=O)NCC(=O)O. The summed E-state index contributed by atoms with van der Waals surface area (Å²) in [7, 11) is 0. The van der Waals surface area contributed by atoms with Crippen LogP contribution in [0.15, 0.2) is 43.0 Å².